The van der Waals surface area contributed by atoms with Gasteiger partial charge in [-0.15, -0.1) is 0 Å². The molecule has 10 heteroatoms. The summed E-state index contributed by atoms with van der Waals surface area (Å²) in [7, 11) is 0. The molecule has 1 unspecified atom stereocenters. The summed E-state index contributed by atoms with van der Waals surface area (Å²) in [4.78, 5) is 40.9. The number of likely N-dealkylation sites (tertiary alicyclic amines) is 1. The zero-order valence-electron chi connectivity index (χ0n) is 42.0. The lowest BCUT2D eigenvalue weighted by atomic mass is 9.99. The number of piperidine rings is 1. The first kappa shape index (κ1) is 58.4. The molecule has 1 fully saturated rings. The molecule has 0 aromatic heterocycles. The minimum atomic E-state index is -0.716. The molecule has 1 heterocycles. The lowest BCUT2D eigenvalue weighted by molar-refractivity contribution is -0.160. The molecular formula is C56H91NO9. The third-order valence-electron chi connectivity index (χ3n) is 11.6. The molecule has 0 aliphatic carbocycles. The van der Waals surface area contributed by atoms with Gasteiger partial charge in [0.15, 0.2) is 6.29 Å². The van der Waals surface area contributed by atoms with Gasteiger partial charge in [-0.25, -0.2) is 4.79 Å². The summed E-state index contributed by atoms with van der Waals surface area (Å²) in [6.45, 7) is 13.1. The highest BCUT2D eigenvalue weighted by Gasteiger charge is 2.21. The zero-order valence-corrected chi connectivity index (χ0v) is 42.0. The molecule has 0 saturated carbocycles. The van der Waals surface area contributed by atoms with Crippen molar-refractivity contribution in [2.75, 3.05) is 39.5 Å². The second-order valence-electron chi connectivity index (χ2n) is 17.7. The largest absolute Gasteiger partial charge is 0.508 e. The molecule has 1 saturated heterocycles. The number of rotatable bonds is 40. The van der Waals surface area contributed by atoms with Crippen LogP contribution >= 0.6 is 0 Å². The van der Waals surface area contributed by atoms with Crippen LogP contribution in [-0.4, -0.2) is 68.7 Å². The minimum absolute atomic E-state index is 0.0164. The van der Waals surface area contributed by atoms with Crippen LogP contribution in [-0.2, 0) is 57.8 Å². The summed E-state index contributed by atoms with van der Waals surface area (Å²) in [6, 6.07) is 5.56. The van der Waals surface area contributed by atoms with E-state index in [1.165, 1.54) is 25.7 Å². The van der Waals surface area contributed by atoms with E-state index in [-0.39, 0.29) is 38.2 Å². The summed E-state index contributed by atoms with van der Waals surface area (Å²) in [6.07, 6.45) is 40.1. The molecule has 1 aromatic rings. The lowest BCUT2D eigenvalue weighted by Gasteiger charge is -2.31. The van der Waals surface area contributed by atoms with E-state index in [9.17, 15) is 14.4 Å². The average molecular weight is 922 g/mol. The molecule has 1 atom stereocenters. The summed E-state index contributed by atoms with van der Waals surface area (Å²) in [5.41, 5.74) is 2.12. The van der Waals surface area contributed by atoms with Crippen molar-refractivity contribution in [2.45, 2.75) is 208 Å². The normalized spacial score (nSPS) is 14.7. The van der Waals surface area contributed by atoms with Crippen molar-refractivity contribution in [3.63, 3.8) is 0 Å². The molecule has 1 aromatic carbocycles. The highest BCUT2D eigenvalue weighted by atomic mass is 16.7. The molecule has 0 spiro atoms. The van der Waals surface area contributed by atoms with Crippen molar-refractivity contribution in [1.29, 1.82) is 0 Å². The first-order valence-electron chi connectivity index (χ1n) is 26.1. The van der Waals surface area contributed by atoms with Gasteiger partial charge in [-0.1, -0.05) is 108 Å². The number of carbonyl (C=O) groups excluding carboxylic acids is 3. The molecule has 0 radical (unpaired) electrons. The maximum atomic E-state index is 13.1. The second kappa shape index (κ2) is 41.5. The fourth-order valence-corrected chi connectivity index (χ4v) is 7.76. The van der Waals surface area contributed by atoms with Gasteiger partial charge in [0.05, 0.1) is 13.0 Å². The first-order chi connectivity index (χ1) is 32.4. The van der Waals surface area contributed by atoms with Crippen molar-refractivity contribution in [3.8, 4) is 0 Å². The smallest absolute Gasteiger partial charge is 0.461 e. The van der Waals surface area contributed by atoms with Gasteiger partial charge in [0, 0.05) is 38.5 Å². The number of carbonyl (C=O) groups is 3. The monoisotopic (exact) mass is 922 g/mol. The van der Waals surface area contributed by atoms with Gasteiger partial charge in [0.2, 0.25) is 0 Å². The van der Waals surface area contributed by atoms with Crippen LogP contribution in [0.25, 0.3) is 0 Å². The van der Waals surface area contributed by atoms with Gasteiger partial charge in [-0.2, -0.15) is 0 Å². The Hall–Kier alpha value is -3.73. The van der Waals surface area contributed by atoms with Gasteiger partial charge in [-0.3, -0.25) is 9.59 Å². The van der Waals surface area contributed by atoms with Crippen LogP contribution in [0.3, 0.4) is 0 Å². The van der Waals surface area contributed by atoms with Crippen LogP contribution in [0.1, 0.15) is 198 Å². The fraction of sp³-hybridized carbons (Fsp3) is 0.696. The number of hydrogen-bond acceptors (Lipinski definition) is 10. The summed E-state index contributed by atoms with van der Waals surface area (Å²) in [5, 5.41) is 0. The average Bonchev–Trinajstić information content (AvgIpc) is 3.33. The molecule has 0 bridgehead atoms. The van der Waals surface area contributed by atoms with Crippen LogP contribution in [0.2, 0.25) is 0 Å². The molecule has 1 aliphatic rings. The molecule has 10 nitrogen and oxygen atoms in total. The van der Waals surface area contributed by atoms with Crippen molar-refractivity contribution >= 4 is 18.1 Å². The molecule has 374 valence electrons. The predicted octanol–water partition coefficient (Wildman–Crippen LogP) is 14.4. The van der Waals surface area contributed by atoms with Gasteiger partial charge in [0.25, 0.3) is 0 Å². The van der Waals surface area contributed by atoms with Gasteiger partial charge in [0.1, 0.15) is 19.8 Å². The first-order valence-corrected chi connectivity index (χ1v) is 26.1. The van der Waals surface area contributed by atoms with Crippen LogP contribution in [0.15, 0.2) is 66.8 Å². The van der Waals surface area contributed by atoms with E-state index in [4.69, 9.17) is 28.4 Å². The maximum absolute atomic E-state index is 13.1. The van der Waals surface area contributed by atoms with Crippen molar-refractivity contribution < 1.29 is 42.8 Å². The quantitative estimate of drug-likeness (QED) is 0.0207. The Bertz CT molecular complexity index is 1480. The topological polar surface area (TPSA) is 110 Å². The van der Waals surface area contributed by atoms with Gasteiger partial charge < -0.3 is 33.3 Å². The third kappa shape index (κ3) is 32.9. The molecule has 66 heavy (non-hydrogen) atoms. The number of esters is 2. The van der Waals surface area contributed by atoms with Crippen molar-refractivity contribution in [1.82, 2.24) is 4.90 Å². The zero-order chi connectivity index (χ0) is 47.6. The summed E-state index contributed by atoms with van der Waals surface area (Å²) >= 11 is 0. The van der Waals surface area contributed by atoms with E-state index in [1.54, 1.807) is 0 Å². The Morgan fingerprint density at radius 1 is 0.591 bits per heavy atom. The van der Waals surface area contributed by atoms with E-state index >= 15 is 0 Å². The van der Waals surface area contributed by atoms with E-state index in [0.717, 1.165) is 134 Å². The standard InChI is InChI=1S/C56H91NO9/c1-5-9-12-15-18-19-20-21-22-23-24-25-26-27-30-35-53(58)63-46-50-41-51(43-52(42-50)48-66-56(60)65-45-49-34-33-38-57(8-4)44-49)47-64-54(59)36-37-55(61-39-31-28-16-13-10-6-2)62-40-32-29-17-14-11-7-3/h10-11,13-14,18-19,21-22,41-43,49,55H,5-9,12,15-17,20,23-40,44-48H2,1-4H3/b13-10-,14-11-,19-18-,22-21-. The van der Waals surface area contributed by atoms with Crippen LogP contribution in [0.4, 0.5) is 4.79 Å². The van der Waals surface area contributed by atoms with Crippen molar-refractivity contribution in [2.24, 2.45) is 5.92 Å². The Kier molecular flexibility index (Phi) is 36.7. The number of unbranched alkanes of at least 4 members (excludes halogenated alkanes) is 12. The molecule has 0 N–H and O–H groups in total. The maximum Gasteiger partial charge on any atom is 0.508 e. The summed E-state index contributed by atoms with van der Waals surface area (Å²) in [5.74, 6) is -0.315. The predicted molar refractivity (Wildman–Crippen MR) is 268 cm³/mol. The van der Waals surface area contributed by atoms with Gasteiger partial charge >= 0.3 is 18.1 Å². The minimum Gasteiger partial charge on any atom is -0.461 e. The number of nitrogens with zero attached hydrogens (tertiary/aromatic N) is 1. The van der Waals surface area contributed by atoms with Crippen LogP contribution < -0.4 is 0 Å². The third-order valence-corrected chi connectivity index (χ3v) is 11.6. The van der Waals surface area contributed by atoms with E-state index in [0.29, 0.717) is 49.7 Å². The molecule has 0 amide bonds. The number of benzene rings is 1. The highest BCUT2D eigenvalue weighted by Crippen LogP contribution is 2.19. The SMILES string of the molecule is CC/C=C\CCCCOC(CCC(=O)OCc1cc(COC(=O)CCCCCCC/C=C\C/C=C\CCCCC)cc(COC(=O)OCC2CCCN(CC)C2)c1)OCCCC/C=C\CC. The van der Waals surface area contributed by atoms with Crippen LogP contribution in [0, 0.1) is 5.92 Å². The van der Waals surface area contributed by atoms with E-state index < -0.39 is 12.4 Å². The highest BCUT2D eigenvalue weighted by molar-refractivity contribution is 5.69. The van der Waals surface area contributed by atoms with Crippen molar-refractivity contribution in [3.05, 3.63) is 83.5 Å². The Morgan fingerprint density at radius 3 is 1.68 bits per heavy atom. The number of allylic oxidation sites excluding steroid dienone is 8. The second-order valence-corrected chi connectivity index (χ2v) is 17.7. The number of hydrogen-bond donors (Lipinski definition) is 0. The number of ether oxygens (including phenoxy) is 6. The summed E-state index contributed by atoms with van der Waals surface area (Å²) < 4.78 is 34.7. The lowest BCUT2D eigenvalue weighted by Crippen LogP contribution is -2.37. The van der Waals surface area contributed by atoms with E-state index in [1.807, 2.05) is 18.2 Å². The molecule has 2 rings (SSSR count). The molecular weight excluding hydrogens is 831 g/mol. The molecule has 1 aliphatic heterocycles. The Labute approximate surface area is 401 Å². The fourth-order valence-electron chi connectivity index (χ4n) is 7.76. The Morgan fingerprint density at radius 2 is 1.11 bits per heavy atom. The van der Waals surface area contributed by atoms with Gasteiger partial charge in [-0.05, 0) is 151 Å². The van der Waals surface area contributed by atoms with E-state index in [2.05, 4.69) is 81.2 Å². The Balaban J connectivity index is 1.90. The van der Waals surface area contributed by atoms with Crippen LogP contribution in [0.5, 0.6) is 0 Å².